The van der Waals surface area contributed by atoms with Gasteiger partial charge in [0.15, 0.2) is 0 Å². The summed E-state index contributed by atoms with van der Waals surface area (Å²) in [6.45, 7) is 4.21. The molecule has 0 amide bonds. The van der Waals surface area contributed by atoms with Crippen LogP contribution in [0.25, 0.3) is 0 Å². The summed E-state index contributed by atoms with van der Waals surface area (Å²) in [6, 6.07) is 0. The molecule has 0 spiro atoms. The van der Waals surface area contributed by atoms with E-state index in [0.717, 1.165) is 11.8 Å². The Morgan fingerprint density at radius 1 is 1.33 bits per heavy atom. The largest absolute Gasteiger partial charge is 0.299 e. The van der Waals surface area contributed by atoms with Gasteiger partial charge in [0.25, 0.3) is 0 Å². The summed E-state index contributed by atoms with van der Waals surface area (Å²) >= 11 is 0. The number of carbonyl (C=O) groups is 1. The van der Waals surface area contributed by atoms with Crippen LogP contribution >= 0.6 is 0 Å². The molecule has 15 heavy (non-hydrogen) atoms. The van der Waals surface area contributed by atoms with Crippen LogP contribution < -0.4 is 0 Å². The van der Waals surface area contributed by atoms with Crippen molar-refractivity contribution in [1.29, 1.82) is 0 Å². The van der Waals surface area contributed by atoms with Crippen LogP contribution in [-0.4, -0.2) is 5.78 Å². The number of carbonyl (C=O) groups excluding carboxylic acids is 1. The van der Waals surface area contributed by atoms with Crippen LogP contribution in [0.1, 0.15) is 58.8 Å². The van der Waals surface area contributed by atoms with Crippen molar-refractivity contribution in [3.63, 3.8) is 0 Å². The van der Waals surface area contributed by atoms with Crippen LogP contribution in [-0.2, 0) is 4.79 Å². The van der Waals surface area contributed by atoms with Gasteiger partial charge in [-0.3, -0.25) is 4.79 Å². The first-order valence-electron chi connectivity index (χ1n) is 6.67. The molecule has 3 aliphatic rings. The first-order chi connectivity index (χ1) is 7.16. The SMILES string of the molecule is CCC12CCC(C1)C1(C(C)=O)CCCC21. The van der Waals surface area contributed by atoms with Crippen LogP contribution in [0.15, 0.2) is 0 Å². The Morgan fingerprint density at radius 3 is 2.80 bits per heavy atom. The molecule has 0 aromatic rings. The Kier molecular flexibility index (Phi) is 1.88. The highest BCUT2D eigenvalue weighted by Gasteiger charge is 2.67. The summed E-state index contributed by atoms with van der Waals surface area (Å²) in [4.78, 5) is 12.1. The lowest BCUT2D eigenvalue weighted by atomic mass is 9.61. The smallest absolute Gasteiger partial charge is 0.136 e. The van der Waals surface area contributed by atoms with Crippen LogP contribution in [0.3, 0.4) is 0 Å². The number of hydrogen-bond acceptors (Lipinski definition) is 1. The molecule has 1 heteroatoms. The molecule has 3 aliphatic carbocycles. The highest BCUT2D eigenvalue weighted by molar-refractivity contribution is 5.84. The molecule has 4 unspecified atom stereocenters. The maximum atomic E-state index is 12.1. The lowest BCUT2D eigenvalue weighted by Crippen LogP contribution is -2.41. The van der Waals surface area contributed by atoms with E-state index in [1.165, 1.54) is 44.9 Å². The minimum Gasteiger partial charge on any atom is -0.299 e. The molecular weight excluding hydrogens is 184 g/mol. The van der Waals surface area contributed by atoms with Gasteiger partial charge in [0.2, 0.25) is 0 Å². The van der Waals surface area contributed by atoms with Gasteiger partial charge in [-0.1, -0.05) is 19.8 Å². The topological polar surface area (TPSA) is 17.1 Å². The minimum absolute atomic E-state index is 0.147. The second kappa shape index (κ2) is 2.87. The summed E-state index contributed by atoms with van der Waals surface area (Å²) in [5.74, 6) is 2.03. The number of fused-ring (bicyclic) bond motifs is 5. The first kappa shape index (κ1) is 9.86. The van der Waals surface area contributed by atoms with E-state index in [1.807, 2.05) is 6.92 Å². The van der Waals surface area contributed by atoms with Crippen molar-refractivity contribution < 1.29 is 4.79 Å². The Bertz CT molecular complexity index is 308. The fraction of sp³-hybridized carbons (Fsp3) is 0.929. The fourth-order valence-corrected chi connectivity index (χ4v) is 5.56. The van der Waals surface area contributed by atoms with Crippen molar-refractivity contribution in [2.75, 3.05) is 0 Å². The van der Waals surface area contributed by atoms with Crippen LogP contribution in [0.2, 0.25) is 0 Å². The van der Waals surface area contributed by atoms with Crippen LogP contribution in [0, 0.1) is 22.7 Å². The van der Waals surface area contributed by atoms with Crippen molar-refractivity contribution in [3.8, 4) is 0 Å². The summed E-state index contributed by atoms with van der Waals surface area (Å²) in [5.41, 5.74) is 0.723. The van der Waals surface area contributed by atoms with Gasteiger partial charge in [-0.25, -0.2) is 0 Å². The van der Waals surface area contributed by atoms with E-state index in [-0.39, 0.29) is 5.41 Å². The monoisotopic (exact) mass is 206 g/mol. The summed E-state index contributed by atoms with van der Waals surface area (Å²) in [6.07, 6.45) is 9.28. The van der Waals surface area contributed by atoms with E-state index in [9.17, 15) is 4.79 Å². The van der Waals surface area contributed by atoms with E-state index in [4.69, 9.17) is 0 Å². The Hall–Kier alpha value is -0.330. The molecule has 0 aromatic carbocycles. The third-order valence-electron chi connectivity index (χ3n) is 6.18. The highest BCUT2D eigenvalue weighted by Crippen LogP contribution is 2.73. The van der Waals surface area contributed by atoms with E-state index < -0.39 is 0 Å². The van der Waals surface area contributed by atoms with Crippen molar-refractivity contribution in [1.82, 2.24) is 0 Å². The molecule has 0 heterocycles. The molecule has 84 valence electrons. The second-order valence-electron chi connectivity index (χ2n) is 6.20. The zero-order valence-electron chi connectivity index (χ0n) is 10.0. The molecule has 0 saturated heterocycles. The molecule has 4 atom stereocenters. The molecule has 1 nitrogen and oxygen atoms in total. The zero-order valence-corrected chi connectivity index (χ0v) is 10.0. The number of rotatable bonds is 2. The molecule has 0 radical (unpaired) electrons. The predicted octanol–water partition coefficient (Wildman–Crippen LogP) is 3.57. The standard InChI is InChI=1S/C14H22O/c1-3-13-8-6-11(9-13)14(10(2)15)7-4-5-12(13)14/h11-12H,3-9H2,1-2H3. The quantitative estimate of drug-likeness (QED) is 0.675. The lowest BCUT2D eigenvalue weighted by Gasteiger charge is -2.42. The minimum atomic E-state index is 0.147. The van der Waals surface area contributed by atoms with E-state index >= 15 is 0 Å². The van der Waals surface area contributed by atoms with Gasteiger partial charge in [-0.05, 0) is 56.3 Å². The van der Waals surface area contributed by atoms with Gasteiger partial charge < -0.3 is 0 Å². The second-order valence-corrected chi connectivity index (χ2v) is 6.20. The van der Waals surface area contributed by atoms with Crippen LogP contribution in [0.4, 0.5) is 0 Å². The van der Waals surface area contributed by atoms with E-state index in [2.05, 4.69) is 6.92 Å². The first-order valence-corrected chi connectivity index (χ1v) is 6.67. The van der Waals surface area contributed by atoms with Gasteiger partial charge in [0.1, 0.15) is 5.78 Å². The molecule has 0 aromatic heterocycles. The average molecular weight is 206 g/mol. The maximum absolute atomic E-state index is 12.1. The van der Waals surface area contributed by atoms with Gasteiger partial charge >= 0.3 is 0 Å². The van der Waals surface area contributed by atoms with Gasteiger partial charge in [-0.2, -0.15) is 0 Å². The molecule has 3 saturated carbocycles. The predicted molar refractivity (Wildman–Crippen MR) is 60.5 cm³/mol. The van der Waals surface area contributed by atoms with Crippen LogP contribution in [0.5, 0.6) is 0 Å². The molecule has 3 fully saturated rings. The molecule has 0 N–H and O–H groups in total. The zero-order chi connectivity index (χ0) is 10.7. The third-order valence-corrected chi connectivity index (χ3v) is 6.18. The van der Waals surface area contributed by atoms with Crippen molar-refractivity contribution in [2.45, 2.75) is 58.8 Å². The molecular formula is C14H22O. The Morgan fingerprint density at radius 2 is 2.13 bits per heavy atom. The van der Waals surface area contributed by atoms with Crippen molar-refractivity contribution >= 4 is 5.78 Å². The normalized spacial score (nSPS) is 52.1. The maximum Gasteiger partial charge on any atom is 0.136 e. The number of Topliss-reactive ketones (excluding diaryl/α,β-unsaturated/α-hetero) is 1. The van der Waals surface area contributed by atoms with E-state index in [0.29, 0.717) is 11.2 Å². The average Bonchev–Trinajstić information content (AvgIpc) is 2.88. The highest BCUT2D eigenvalue weighted by atomic mass is 16.1. The van der Waals surface area contributed by atoms with Crippen molar-refractivity contribution in [2.24, 2.45) is 22.7 Å². The Labute approximate surface area is 92.6 Å². The summed E-state index contributed by atoms with van der Waals surface area (Å²) in [5, 5.41) is 0. The molecule has 2 bridgehead atoms. The lowest BCUT2D eigenvalue weighted by molar-refractivity contribution is -0.132. The Balaban J connectivity index is 2.06. The summed E-state index contributed by atoms with van der Waals surface area (Å²) in [7, 11) is 0. The van der Waals surface area contributed by atoms with Gasteiger partial charge in [0, 0.05) is 5.41 Å². The number of ketones is 1. The fourth-order valence-electron chi connectivity index (χ4n) is 5.56. The summed E-state index contributed by atoms with van der Waals surface area (Å²) < 4.78 is 0. The van der Waals surface area contributed by atoms with Crippen molar-refractivity contribution in [3.05, 3.63) is 0 Å². The van der Waals surface area contributed by atoms with E-state index in [1.54, 1.807) is 0 Å². The number of hydrogen-bond donors (Lipinski definition) is 0. The third kappa shape index (κ3) is 0.933. The molecule has 0 aliphatic heterocycles. The van der Waals surface area contributed by atoms with Gasteiger partial charge in [-0.15, -0.1) is 0 Å². The molecule has 3 rings (SSSR count). The van der Waals surface area contributed by atoms with Gasteiger partial charge in [0.05, 0.1) is 0 Å².